The van der Waals surface area contributed by atoms with Crippen molar-refractivity contribution in [3.8, 4) is 0 Å². The van der Waals surface area contributed by atoms with Crippen molar-refractivity contribution in [3.63, 3.8) is 0 Å². The Bertz CT molecular complexity index is 1090. The molecule has 168 valence electrons. The molecule has 0 saturated heterocycles. The molecule has 12 heteroatoms. The third-order valence-corrected chi connectivity index (χ3v) is 7.30. The second-order valence-electron chi connectivity index (χ2n) is 6.93. The predicted octanol–water partition coefficient (Wildman–Crippen LogP) is 1.07. The maximum Gasteiger partial charge on any atom is 0.248 e. The van der Waals surface area contributed by atoms with Gasteiger partial charge in [0.1, 0.15) is 11.9 Å². The molecule has 1 aliphatic carbocycles. The molecule has 1 heterocycles. The van der Waals surface area contributed by atoms with Crippen LogP contribution in [-0.4, -0.2) is 66.7 Å². The maximum absolute atomic E-state index is 13.2. The summed E-state index contributed by atoms with van der Waals surface area (Å²) in [7, 11) is -2.45. The van der Waals surface area contributed by atoms with Crippen molar-refractivity contribution in [2.75, 3.05) is 32.1 Å². The molecule has 3 rings (SSSR count). The Hall–Kier alpha value is -2.38. The van der Waals surface area contributed by atoms with Crippen molar-refractivity contribution < 1.29 is 32.6 Å². The van der Waals surface area contributed by atoms with Gasteiger partial charge in [-0.05, 0) is 30.7 Å². The summed E-state index contributed by atoms with van der Waals surface area (Å²) in [6.07, 6.45) is 1.96. The molecule has 0 fully saturated rings. The Morgan fingerprint density at radius 3 is 2.58 bits per heavy atom. The monoisotopic (exact) mass is 471 g/mol. The highest BCUT2D eigenvalue weighted by molar-refractivity contribution is 7.89. The lowest BCUT2D eigenvalue weighted by atomic mass is 9.92. The van der Waals surface area contributed by atoms with Crippen LogP contribution in [0.25, 0.3) is 0 Å². The second-order valence-corrected chi connectivity index (χ2v) is 9.95. The Kier molecular flexibility index (Phi) is 6.76. The molecule has 1 aromatic carbocycles. The van der Waals surface area contributed by atoms with E-state index in [1.54, 1.807) is 13.0 Å². The van der Waals surface area contributed by atoms with Crippen LogP contribution >= 0.6 is 11.3 Å². The number of aliphatic hydroxyl groups is 2. The number of nitrogens with one attached hydrogen (secondary N) is 1. The number of carbonyl (C=O) groups excluding carboxylic acids is 1. The SMILES string of the molecule is C[C@H](CO)OC1=CC1(C(=O)Nc1ncc(F)s1)c1ccc(S(=O)(=O)N(C)CCO)cc1. The third-order valence-electron chi connectivity index (χ3n) is 4.73. The molecule has 0 saturated carbocycles. The zero-order valence-corrected chi connectivity index (χ0v) is 18.4. The average Bonchev–Trinajstić information content (AvgIpc) is 3.32. The van der Waals surface area contributed by atoms with Gasteiger partial charge < -0.3 is 20.3 Å². The van der Waals surface area contributed by atoms with Crippen LogP contribution < -0.4 is 5.32 Å². The minimum Gasteiger partial charge on any atom is -0.491 e. The number of halogens is 1. The smallest absolute Gasteiger partial charge is 0.248 e. The van der Waals surface area contributed by atoms with E-state index in [-0.39, 0.29) is 35.5 Å². The van der Waals surface area contributed by atoms with Gasteiger partial charge in [-0.25, -0.2) is 13.4 Å². The van der Waals surface area contributed by atoms with Gasteiger partial charge in [0, 0.05) is 13.6 Å². The summed E-state index contributed by atoms with van der Waals surface area (Å²) in [4.78, 5) is 16.8. The van der Waals surface area contributed by atoms with Crippen LogP contribution in [0.5, 0.6) is 0 Å². The van der Waals surface area contributed by atoms with Crippen molar-refractivity contribution in [1.82, 2.24) is 9.29 Å². The van der Waals surface area contributed by atoms with E-state index in [2.05, 4.69) is 10.3 Å². The number of sulfonamides is 1. The first kappa shape index (κ1) is 23.3. The molecular formula is C19H22FN3O6S2. The maximum atomic E-state index is 13.2. The van der Waals surface area contributed by atoms with Crippen molar-refractivity contribution in [3.05, 3.63) is 53.0 Å². The molecule has 31 heavy (non-hydrogen) atoms. The number of benzene rings is 1. The number of nitrogens with zero attached hydrogens (tertiary/aromatic N) is 2. The molecule has 0 aliphatic heterocycles. The van der Waals surface area contributed by atoms with E-state index in [1.165, 1.54) is 31.3 Å². The van der Waals surface area contributed by atoms with Gasteiger partial charge in [0.05, 0.1) is 24.3 Å². The Morgan fingerprint density at radius 1 is 1.35 bits per heavy atom. The number of aliphatic hydroxyl groups excluding tert-OH is 2. The minimum absolute atomic E-state index is 0.00315. The fourth-order valence-electron chi connectivity index (χ4n) is 2.91. The van der Waals surface area contributed by atoms with Crippen LogP contribution in [0.15, 0.2) is 47.2 Å². The molecule has 2 aromatic rings. The highest BCUT2D eigenvalue weighted by Gasteiger charge is 2.55. The number of ether oxygens (including phenoxy) is 1. The molecule has 2 atom stereocenters. The number of amides is 1. The van der Waals surface area contributed by atoms with Crippen molar-refractivity contribution in [1.29, 1.82) is 0 Å². The van der Waals surface area contributed by atoms with Gasteiger partial charge in [0.15, 0.2) is 15.7 Å². The molecule has 0 bridgehead atoms. The van der Waals surface area contributed by atoms with Gasteiger partial charge >= 0.3 is 0 Å². The van der Waals surface area contributed by atoms with Crippen LogP contribution in [-0.2, 0) is 25.0 Å². The van der Waals surface area contributed by atoms with Crippen molar-refractivity contribution in [2.45, 2.75) is 23.3 Å². The highest BCUT2D eigenvalue weighted by atomic mass is 32.2. The van der Waals surface area contributed by atoms with Crippen LogP contribution in [0, 0.1) is 5.13 Å². The first-order chi connectivity index (χ1) is 14.6. The summed E-state index contributed by atoms with van der Waals surface area (Å²) < 4.78 is 45.0. The summed E-state index contributed by atoms with van der Waals surface area (Å²) in [5, 5.41) is 20.3. The van der Waals surface area contributed by atoms with E-state index in [0.29, 0.717) is 16.9 Å². The molecule has 3 N–H and O–H groups in total. The van der Waals surface area contributed by atoms with Crippen LogP contribution in [0.2, 0.25) is 0 Å². The number of hydrogen-bond acceptors (Lipinski definition) is 8. The number of hydrogen-bond donors (Lipinski definition) is 3. The Labute approximate surface area is 182 Å². The lowest BCUT2D eigenvalue weighted by Gasteiger charge is -2.21. The molecule has 1 amide bonds. The normalized spacial score (nSPS) is 19.1. The fraction of sp³-hybridized carbons (Fsp3) is 0.368. The first-order valence-electron chi connectivity index (χ1n) is 9.26. The van der Waals surface area contributed by atoms with Crippen LogP contribution in [0.3, 0.4) is 0 Å². The van der Waals surface area contributed by atoms with Gasteiger partial charge in [0.2, 0.25) is 15.9 Å². The number of likely N-dealkylation sites (N-methyl/N-ethyl adjacent to an activating group) is 1. The van der Waals surface area contributed by atoms with Crippen LogP contribution in [0.1, 0.15) is 12.5 Å². The first-order valence-corrected chi connectivity index (χ1v) is 11.5. The summed E-state index contributed by atoms with van der Waals surface area (Å²) in [5.41, 5.74) is -0.892. The van der Waals surface area contributed by atoms with E-state index in [9.17, 15) is 22.7 Å². The molecule has 9 nitrogen and oxygen atoms in total. The van der Waals surface area contributed by atoms with Crippen molar-refractivity contribution in [2.24, 2.45) is 0 Å². The molecule has 1 aliphatic rings. The number of aromatic nitrogens is 1. The van der Waals surface area contributed by atoms with E-state index in [0.717, 1.165) is 10.5 Å². The number of carbonyl (C=O) groups is 1. The standard InChI is InChI=1S/C19H22FN3O6S2/c1-12(11-25)29-15-9-19(15,17(26)22-18-21-10-16(20)30-18)13-3-5-14(6-4-13)31(27,28)23(2)7-8-24/h3-6,9-10,12,24-25H,7-8,11H2,1-2H3,(H,21,22,26)/t12-,19?/m1/s1. The van der Waals surface area contributed by atoms with Crippen LogP contribution in [0.4, 0.5) is 9.52 Å². The minimum atomic E-state index is -3.80. The van der Waals surface area contributed by atoms with E-state index in [1.807, 2.05) is 0 Å². The Morgan fingerprint density at radius 2 is 2.03 bits per heavy atom. The predicted molar refractivity (Wildman–Crippen MR) is 111 cm³/mol. The van der Waals surface area contributed by atoms with E-state index in [4.69, 9.17) is 9.84 Å². The zero-order chi connectivity index (χ0) is 22.8. The average molecular weight is 472 g/mol. The molecule has 0 spiro atoms. The van der Waals surface area contributed by atoms with Crippen molar-refractivity contribution >= 4 is 32.4 Å². The van der Waals surface area contributed by atoms with Gasteiger partial charge in [-0.15, -0.1) is 0 Å². The second kappa shape index (κ2) is 9.01. The number of thiazole rings is 1. The van der Waals surface area contributed by atoms with E-state index >= 15 is 0 Å². The van der Waals surface area contributed by atoms with Gasteiger partial charge in [-0.3, -0.25) is 4.79 Å². The largest absolute Gasteiger partial charge is 0.491 e. The summed E-state index contributed by atoms with van der Waals surface area (Å²) >= 11 is 0.669. The lowest BCUT2D eigenvalue weighted by Crippen LogP contribution is -2.32. The molecular weight excluding hydrogens is 449 g/mol. The topological polar surface area (TPSA) is 129 Å². The quantitative estimate of drug-likeness (QED) is 0.473. The molecule has 1 aromatic heterocycles. The highest BCUT2D eigenvalue weighted by Crippen LogP contribution is 2.49. The number of rotatable bonds is 10. The van der Waals surface area contributed by atoms with Gasteiger partial charge in [-0.1, -0.05) is 23.5 Å². The third kappa shape index (κ3) is 4.62. The molecule has 0 radical (unpaired) electrons. The summed E-state index contributed by atoms with van der Waals surface area (Å²) in [5.74, 6) is -0.258. The lowest BCUT2D eigenvalue weighted by molar-refractivity contribution is -0.118. The molecule has 1 unspecified atom stereocenters. The van der Waals surface area contributed by atoms with Gasteiger partial charge in [-0.2, -0.15) is 8.70 Å². The Balaban J connectivity index is 1.89. The van der Waals surface area contributed by atoms with Gasteiger partial charge in [0.25, 0.3) is 0 Å². The zero-order valence-electron chi connectivity index (χ0n) is 16.8. The van der Waals surface area contributed by atoms with E-state index < -0.39 is 32.6 Å². The number of anilines is 1. The summed E-state index contributed by atoms with van der Waals surface area (Å²) in [6, 6.07) is 5.68. The summed E-state index contributed by atoms with van der Waals surface area (Å²) in [6.45, 7) is 0.993. The fourth-order valence-corrected chi connectivity index (χ4v) is 4.62.